The maximum atomic E-state index is 2.33. The van der Waals surface area contributed by atoms with Gasteiger partial charge in [0.15, 0.2) is 0 Å². The average Bonchev–Trinajstić information content (AvgIpc) is 3.29. The molecule has 0 N–H and O–H groups in total. The molecule has 0 saturated carbocycles. The number of nitrogens with zero attached hydrogens (tertiary/aromatic N) is 1. The zero-order valence-corrected chi connectivity index (χ0v) is 31.5. The Labute approximate surface area is 334 Å². The first kappa shape index (κ1) is 34.0. The Morgan fingerprint density at radius 3 is 1.12 bits per heavy atom. The van der Waals surface area contributed by atoms with Crippen molar-refractivity contribution in [1.82, 2.24) is 0 Å². The summed E-state index contributed by atoms with van der Waals surface area (Å²) in [6, 6.07) is 80.9. The van der Waals surface area contributed by atoms with Crippen molar-refractivity contribution < 1.29 is 0 Å². The van der Waals surface area contributed by atoms with Crippen LogP contribution in [-0.4, -0.2) is 0 Å². The van der Waals surface area contributed by atoms with Gasteiger partial charge in [-0.15, -0.1) is 0 Å². The predicted octanol–water partition coefficient (Wildman–Crippen LogP) is 15.8. The molecule has 0 spiro atoms. The van der Waals surface area contributed by atoms with Crippen LogP contribution in [0.1, 0.15) is 11.1 Å². The summed E-state index contributed by atoms with van der Waals surface area (Å²) in [5, 5.41) is 7.55. The summed E-state index contributed by atoms with van der Waals surface area (Å²) in [6.07, 6.45) is 4.40. The van der Waals surface area contributed by atoms with Crippen LogP contribution < -0.4 is 4.90 Å². The van der Waals surface area contributed by atoms with E-state index in [1.165, 1.54) is 65.7 Å². The smallest absolute Gasteiger partial charge is 0.0462 e. The molecule has 10 rings (SSSR count). The van der Waals surface area contributed by atoms with Crippen LogP contribution in [0.2, 0.25) is 0 Å². The highest BCUT2D eigenvalue weighted by atomic mass is 15.1. The van der Waals surface area contributed by atoms with Crippen molar-refractivity contribution in [3.63, 3.8) is 0 Å². The van der Waals surface area contributed by atoms with Gasteiger partial charge in [0.25, 0.3) is 0 Å². The van der Waals surface area contributed by atoms with Gasteiger partial charge in [-0.25, -0.2) is 0 Å². The molecule has 1 heteroatoms. The Kier molecular flexibility index (Phi) is 8.95. The lowest BCUT2D eigenvalue weighted by molar-refractivity contribution is 1.28. The monoisotopic (exact) mass is 725 g/mol. The Morgan fingerprint density at radius 1 is 0.246 bits per heavy atom. The van der Waals surface area contributed by atoms with E-state index in [0.29, 0.717) is 0 Å². The molecule has 0 saturated heterocycles. The normalized spacial score (nSPS) is 11.4. The van der Waals surface area contributed by atoms with Crippen LogP contribution in [0.5, 0.6) is 0 Å². The molecule has 0 aliphatic heterocycles. The van der Waals surface area contributed by atoms with Crippen molar-refractivity contribution in [3.8, 4) is 33.4 Å². The third-order valence-electron chi connectivity index (χ3n) is 11.1. The fourth-order valence-electron chi connectivity index (χ4n) is 8.41. The lowest BCUT2D eigenvalue weighted by Crippen LogP contribution is -2.09. The lowest BCUT2D eigenvalue weighted by Gasteiger charge is -2.25. The third kappa shape index (κ3) is 6.46. The average molecular weight is 726 g/mol. The largest absolute Gasteiger partial charge is 0.311 e. The highest BCUT2D eigenvalue weighted by Crippen LogP contribution is 2.46. The standard InChI is InChI=1S/C56H39N/c1-4-16-42(17-5-1)47-38-39-54(49-23-11-10-22-48(47)49)56-52-26-14-12-24-50(52)55(51-25-13-15-27-53(51)56)43-34-30-40(31-35-43)28-29-41-32-36-46(37-33-41)57(44-18-6-2-7-19-44)45-20-8-3-9-21-45/h1-39H. The molecule has 0 amide bonds. The van der Waals surface area contributed by atoms with E-state index < -0.39 is 0 Å². The quantitative estimate of drug-likeness (QED) is 0.111. The zero-order valence-electron chi connectivity index (χ0n) is 31.5. The maximum absolute atomic E-state index is 2.33. The maximum Gasteiger partial charge on any atom is 0.0462 e. The summed E-state index contributed by atoms with van der Waals surface area (Å²) in [5.41, 5.74) is 13.2. The summed E-state index contributed by atoms with van der Waals surface area (Å²) in [4.78, 5) is 2.29. The van der Waals surface area contributed by atoms with E-state index in [4.69, 9.17) is 0 Å². The minimum atomic E-state index is 1.12. The number of benzene rings is 10. The minimum absolute atomic E-state index is 1.12. The number of hydrogen-bond donors (Lipinski definition) is 0. The molecule has 0 atom stereocenters. The van der Waals surface area contributed by atoms with Crippen LogP contribution in [0.25, 0.3) is 77.9 Å². The topological polar surface area (TPSA) is 3.24 Å². The molecule has 268 valence electrons. The Hall–Kier alpha value is -7.48. The van der Waals surface area contributed by atoms with Crippen LogP contribution in [-0.2, 0) is 0 Å². The molecule has 1 nitrogen and oxygen atoms in total. The van der Waals surface area contributed by atoms with Gasteiger partial charge in [0.05, 0.1) is 0 Å². The van der Waals surface area contributed by atoms with Crippen molar-refractivity contribution in [1.29, 1.82) is 0 Å². The number of fused-ring (bicyclic) bond motifs is 3. The molecule has 57 heavy (non-hydrogen) atoms. The summed E-state index contributed by atoms with van der Waals surface area (Å²) >= 11 is 0. The number of hydrogen-bond acceptors (Lipinski definition) is 1. The van der Waals surface area contributed by atoms with E-state index in [2.05, 4.69) is 242 Å². The summed E-state index contributed by atoms with van der Waals surface area (Å²) < 4.78 is 0. The van der Waals surface area contributed by atoms with E-state index in [0.717, 1.165) is 28.2 Å². The van der Waals surface area contributed by atoms with Crippen LogP contribution in [0.4, 0.5) is 17.1 Å². The fourth-order valence-corrected chi connectivity index (χ4v) is 8.41. The van der Waals surface area contributed by atoms with Gasteiger partial charge in [-0.3, -0.25) is 0 Å². The molecule has 0 aliphatic rings. The number of anilines is 3. The molecule has 10 aromatic rings. The van der Waals surface area contributed by atoms with Gasteiger partial charge >= 0.3 is 0 Å². The van der Waals surface area contributed by atoms with Crippen molar-refractivity contribution in [2.24, 2.45) is 0 Å². The molecule has 0 fully saturated rings. The summed E-state index contributed by atoms with van der Waals surface area (Å²) in [6.45, 7) is 0. The first-order valence-corrected chi connectivity index (χ1v) is 19.6. The van der Waals surface area contributed by atoms with Crippen molar-refractivity contribution in [3.05, 3.63) is 236 Å². The molecule has 0 radical (unpaired) electrons. The highest BCUT2D eigenvalue weighted by Gasteiger charge is 2.19. The highest BCUT2D eigenvalue weighted by molar-refractivity contribution is 6.24. The second-order valence-electron chi connectivity index (χ2n) is 14.5. The summed E-state index contributed by atoms with van der Waals surface area (Å²) in [5.74, 6) is 0. The zero-order chi connectivity index (χ0) is 38.0. The van der Waals surface area contributed by atoms with Crippen molar-refractivity contribution in [2.75, 3.05) is 4.90 Å². The molecule has 10 aromatic carbocycles. The van der Waals surface area contributed by atoms with Gasteiger partial charge in [-0.2, -0.15) is 0 Å². The van der Waals surface area contributed by atoms with Gasteiger partial charge in [-0.05, 0) is 113 Å². The first-order chi connectivity index (χ1) is 28.3. The van der Waals surface area contributed by atoms with E-state index in [1.807, 2.05) is 0 Å². The van der Waals surface area contributed by atoms with Crippen LogP contribution >= 0.6 is 0 Å². The third-order valence-corrected chi connectivity index (χ3v) is 11.1. The number of rotatable bonds is 8. The molecule has 0 bridgehead atoms. The molecule has 0 unspecified atom stereocenters. The summed E-state index contributed by atoms with van der Waals surface area (Å²) in [7, 11) is 0. The van der Waals surface area contributed by atoms with Crippen LogP contribution in [0.3, 0.4) is 0 Å². The Balaban J connectivity index is 1.00. The van der Waals surface area contributed by atoms with E-state index in [1.54, 1.807) is 0 Å². The molecular formula is C56H39N. The minimum Gasteiger partial charge on any atom is -0.311 e. The first-order valence-electron chi connectivity index (χ1n) is 19.6. The second-order valence-corrected chi connectivity index (χ2v) is 14.5. The Morgan fingerprint density at radius 2 is 0.614 bits per heavy atom. The van der Waals surface area contributed by atoms with E-state index in [-0.39, 0.29) is 0 Å². The van der Waals surface area contributed by atoms with Gasteiger partial charge in [0, 0.05) is 17.1 Å². The molecule has 0 heterocycles. The fraction of sp³-hybridized carbons (Fsp3) is 0. The van der Waals surface area contributed by atoms with Gasteiger partial charge in [0.2, 0.25) is 0 Å². The van der Waals surface area contributed by atoms with E-state index in [9.17, 15) is 0 Å². The molecule has 0 aliphatic carbocycles. The SMILES string of the molecule is C(=Cc1ccc(N(c2ccccc2)c2ccccc2)cc1)c1ccc(-c2c3ccccc3c(-c3ccc(-c4ccccc4)c4ccccc34)c3ccccc23)cc1. The van der Waals surface area contributed by atoms with Crippen molar-refractivity contribution in [2.45, 2.75) is 0 Å². The van der Waals surface area contributed by atoms with Crippen LogP contribution in [0, 0.1) is 0 Å². The Bertz CT molecular complexity index is 2920. The van der Waals surface area contributed by atoms with E-state index >= 15 is 0 Å². The van der Waals surface area contributed by atoms with Crippen LogP contribution in [0.15, 0.2) is 224 Å². The van der Waals surface area contributed by atoms with Crippen molar-refractivity contribution >= 4 is 61.5 Å². The molecule has 0 aromatic heterocycles. The van der Waals surface area contributed by atoms with Gasteiger partial charge in [-0.1, -0.05) is 200 Å². The number of para-hydroxylation sites is 2. The lowest BCUT2D eigenvalue weighted by atomic mass is 9.83. The predicted molar refractivity (Wildman–Crippen MR) is 245 cm³/mol. The van der Waals surface area contributed by atoms with Gasteiger partial charge < -0.3 is 4.90 Å². The second kappa shape index (κ2) is 15.0. The van der Waals surface area contributed by atoms with Gasteiger partial charge in [0.1, 0.15) is 0 Å². The molecular weight excluding hydrogens is 687 g/mol.